The van der Waals surface area contributed by atoms with Gasteiger partial charge in [-0.25, -0.2) is 0 Å². The van der Waals surface area contributed by atoms with Crippen molar-refractivity contribution in [2.24, 2.45) is 0 Å². The van der Waals surface area contributed by atoms with Crippen molar-refractivity contribution in [2.75, 3.05) is 17.6 Å². The molecule has 0 radical (unpaired) electrons. The minimum atomic E-state index is -4.72. The van der Waals surface area contributed by atoms with Crippen LogP contribution in [0.3, 0.4) is 0 Å². The van der Waals surface area contributed by atoms with Crippen molar-refractivity contribution in [2.45, 2.75) is 30.5 Å². The minimum Gasteiger partial charge on any atom is -0.406 e. The molecule has 2 rings (SSSR count). The van der Waals surface area contributed by atoms with Crippen LogP contribution in [-0.4, -0.2) is 34.8 Å². The Bertz CT molecular complexity index is 708. The zero-order valence-electron chi connectivity index (χ0n) is 13.8. The number of nitrogens with zero attached hydrogens (tertiary/aromatic N) is 2. The van der Waals surface area contributed by atoms with Gasteiger partial charge >= 0.3 is 6.36 Å². The number of hydrogen-bond donors (Lipinski definition) is 2. The smallest absolute Gasteiger partial charge is 0.406 e. The highest BCUT2D eigenvalue weighted by Crippen LogP contribution is 2.29. The number of aromatic nitrogens is 2. The lowest BCUT2D eigenvalue weighted by atomic mass is 10.3. The summed E-state index contributed by atoms with van der Waals surface area (Å²) in [5, 5.41) is 14.1. The fourth-order valence-electron chi connectivity index (χ4n) is 1.76. The number of hydrogen-bond acceptors (Lipinski definition) is 7. The lowest BCUT2D eigenvalue weighted by molar-refractivity contribution is -0.274. The van der Waals surface area contributed by atoms with Crippen molar-refractivity contribution in [3.05, 3.63) is 24.3 Å². The third kappa shape index (κ3) is 7.48. The molecule has 0 saturated heterocycles. The van der Waals surface area contributed by atoms with Gasteiger partial charge in [-0.3, -0.25) is 4.79 Å². The van der Waals surface area contributed by atoms with Crippen LogP contribution in [0.4, 0.5) is 24.0 Å². The summed E-state index contributed by atoms with van der Waals surface area (Å²) in [4.78, 5) is 11.6. The molecular formula is C15H17F3N4O2S2. The van der Waals surface area contributed by atoms with Gasteiger partial charge in [-0.05, 0) is 30.7 Å². The molecule has 2 N–H and O–H groups in total. The third-order valence-corrected chi connectivity index (χ3v) is 4.90. The average Bonchev–Trinajstić information content (AvgIpc) is 3.01. The Morgan fingerprint density at radius 2 is 2.00 bits per heavy atom. The summed E-state index contributed by atoms with van der Waals surface area (Å²) in [5.41, 5.74) is 0.546. The van der Waals surface area contributed by atoms with Gasteiger partial charge in [0.25, 0.3) is 0 Å². The van der Waals surface area contributed by atoms with E-state index in [0.717, 1.165) is 12.8 Å². The van der Waals surface area contributed by atoms with Crippen molar-refractivity contribution in [1.82, 2.24) is 15.5 Å². The first-order valence-corrected chi connectivity index (χ1v) is 9.52. The molecule has 0 aliphatic heterocycles. The molecule has 26 heavy (non-hydrogen) atoms. The second kappa shape index (κ2) is 9.62. The number of carbonyl (C=O) groups excluding carboxylic acids is 1. The third-order valence-electron chi connectivity index (χ3n) is 2.92. The maximum Gasteiger partial charge on any atom is 0.573 e. The van der Waals surface area contributed by atoms with Crippen molar-refractivity contribution in [3.63, 3.8) is 0 Å². The number of halogens is 3. The lowest BCUT2D eigenvalue weighted by Gasteiger charge is -2.09. The Morgan fingerprint density at radius 3 is 2.65 bits per heavy atom. The van der Waals surface area contributed by atoms with Gasteiger partial charge < -0.3 is 15.4 Å². The summed E-state index contributed by atoms with van der Waals surface area (Å²) < 4.78 is 40.8. The zero-order valence-corrected chi connectivity index (χ0v) is 15.4. The second-order valence-corrected chi connectivity index (χ2v) is 7.26. The highest BCUT2D eigenvalue weighted by atomic mass is 32.2. The lowest BCUT2D eigenvalue weighted by Crippen LogP contribution is -2.25. The Labute approximate surface area is 156 Å². The summed E-state index contributed by atoms with van der Waals surface area (Å²) in [5.74, 6) is -0.110. The molecular weight excluding hydrogens is 389 g/mol. The molecule has 0 aliphatic rings. The van der Waals surface area contributed by atoms with E-state index < -0.39 is 6.36 Å². The minimum absolute atomic E-state index is 0.0617. The van der Waals surface area contributed by atoms with Crippen LogP contribution < -0.4 is 15.4 Å². The first-order chi connectivity index (χ1) is 12.4. The normalized spacial score (nSPS) is 11.2. The van der Waals surface area contributed by atoms with Crippen molar-refractivity contribution < 1.29 is 22.7 Å². The predicted octanol–water partition coefficient (Wildman–Crippen LogP) is 4.19. The van der Waals surface area contributed by atoms with Crippen LogP contribution in [0.5, 0.6) is 5.75 Å². The average molecular weight is 406 g/mol. The highest BCUT2D eigenvalue weighted by Gasteiger charge is 2.30. The standard InChI is InChI=1S/C15H17F3N4O2S2/c1-2-3-8-19-12(23)9-25-14-22-21-13(26-14)20-10-4-6-11(7-5-10)24-15(16,17)18/h4-7H,2-3,8-9H2,1H3,(H,19,23)(H,20,21). The number of thioether (sulfide) groups is 1. The van der Waals surface area contributed by atoms with Gasteiger partial charge in [0.1, 0.15) is 5.75 Å². The van der Waals surface area contributed by atoms with Gasteiger partial charge in [-0.15, -0.1) is 23.4 Å². The first kappa shape index (κ1) is 20.3. The van der Waals surface area contributed by atoms with E-state index in [0.29, 0.717) is 21.7 Å². The fraction of sp³-hybridized carbons (Fsp3) is 0.400. The van der Waals surface area contributed by atoms with Gasteiger partial charge in [0.15, 0.2) is 4.34 Å². The molecule has 0 unspecified atom stereocenters. The molecule has 2 aromatic rings. The molecule has 0 saturated carbocycles. The largest absolute Gasteiger partial charge is 0.573 e. The summed E-state index contributed by atoms with van der Waals surface area (Å²) >= 11 is 2.53. The van der Waals surface area contributed by atoms with Crippen LogP contribution in [0.25, 0.3) is 0 Å². The molecule has 1 aromatic carbocycles. The Kier molecular flexibility index (Phi) is 7.51. The number of rotatable bonds is 9. The van der Waals surface area contributed by atoms with E-state index in [-0.39, 0.29) is 17.4 Å². The maximum absolute atomic E-state index is 12.1. The van der Waals surface area contributed by atoms with E-state index >= 15 is 0 Å². The fourth-order valence-corrected chi connectivity index (χ4v) is 3.37. The van der Waals surface area contributed by atoms with Crippen LogP contribution in [-0.2, 0) is 4.79 Å². The molecule has 0 bridgehead atoms. The molecule has 1 amide bonds. The van der Waals surface area contributed by atoms with Crippen molar-refractivity contribution in [3.8, 4) is 5.75 Å². The van der Waals surface area contributed by atoms with Crippen molar-refractivity contribution >= 4 is 39.8 Å². The van der Waals surface area contributed by atoms with E-state index in [4.69, 9.17) is 0 Å². The predicted molar refractivity (Wildman–Crippen MR) is 95.0 cm³/mol. The highest BCUT2D eigenvalue weighted by molar-refractivity contribution is 8.01. The molecule has 6 nitrogen and oxygen atoms in total. The van der Waals surface area contributed by atoms with Crippen molar-refractivity contribution in [1.29, 1.82) is 0 Å². The van der Waals surface area contributed by atoms with Gasteiger partial charge in [0, 0.05) is 12.2 Å². The monoisotopic (exact) mass is 406 g/mol. The quantitative estimate of drug-likeness (QED) is 0.480. The molecule has 0 fully saturated rings. The number of benzene rings is 1. The van der Waals surface area contributed by atoms with Gasteiger partial charge in [0.05, 0.1) is 5.75 Å². The van der Waals surface area contributed by atoms with Crippen LogP contribution in [0.15, 0.2) is 28.6 Å². The van der Waals surface area contributed by atoms with Crippen LogP contribution in [0.1, 0.15) is 19.8 Å². The molecule has 0 spiro atoms. The number of unbranched alkanes of at least 4 members (excludes halogenated alkanes) is 1. The van der Waals surface area contributed by atoms with E-state index in [1.165, 1.54) is 47.4 Å². The number of carbonyl (C=O) groups is 1. The summed E-state index contributed by atoms with van der Waals surface area (Å²) in [6.07, 6.45) is -2.76. The Balaban J connectivity index is 1.81. The first-order valence-electron chi connectivity index (χ1n) is 7.71. The second-order valence-electron chi connectivity index (χ2n) is 5.06. The number of amides is 1. The summed E-state index contributed by atoms with van der Waals surface area (Å²) in [6, 6.07) is 5.28. The summed E-state index contributed by atoms with van der Waals surface area (Å²) in [6.45, 7) is 2.71. The zero-order chi connectivity index (χ0) is 19.0. The SMILES string of the molecule is CCCCNC(=O)CSc1nnc(Nc2ccc(OC(F)(F)F)cc2)s1. The Hall–Kier alpha value is -2.01. The van der Waals surface area contributed by atoms with Crippen LogP contribution in [0.2, 0.25) is 0 Å². The van der Waals surface area contributed by atoms with Gasteiger partial charge in [0.2, 0.25) is 11.0 Å². The molecule has 1 aromatic heterocycles. The molecule has 142 valence electrons. The van der Waals surface area contributed by atoms with E-state index in [2.05, 4.69) is 25.6 Å². The van der Waals surface area contributed by atoms with E-state index in [9.17, 15) is 18.0 Å². The van der Waals surface area contributed by atoms with E-state index in [1.54, 1.807) is 0 Å². The Morgan fingerprint density at radius 1 is 1.27 bits per heavy atom. The maximum atomic E-state index is 12.1. The summed E-state index contributed by atoms with van der Waals surface area (Å²) in [7, 11) is 0. The molecule has 0 atom stereocenters. The van der Waals surface area contributed by atoms with Gasteiger partial charge in [-0.2, -0.15) is 0 Å². The number of nitrogens with one attached hydrogen (secondary N) is 2. The van der Waals surface area contributed by atoms with Crippen LogP contribution in [0, 0.1) is 0 Å². The molecule has 0 aliphatic carbocycles. The number of anilines is 2. The molecule has 11 heteroatoms. The van der Waals surface area contributed by atoms with E-state index in [1.807, 2.05) is 6.92 Å². The van der Waals surface area contributed by atoms with Crippen LogP contribution >= 0.6 is 23.1 Å². The molecule has 1 heterocycles. The number of ether oxygens (including phenoxy) is 1. The number of alkyl halides is 3. The van der Waals surface area contributed by atoms with Gasteiger partial charge in [-0.1, -0.05) is 36.4 Å². The topological polar surface area (TPSA) is 76.1 Å².